The van der Waals surface area contributed by atoms with E-state index in [0.29, 0.717) is 11.8 Å². The molecule has 1 saturated heterocycles. The largest absolute Gasteiger partial charge is 0.496 e. The third-order valence-electron chi connectivity index (χ3n) is 5.84. The zero-order valence-electron chi connectivity index (χ0n) is 18.9. The first kappa shape index (κ1) is 22.5. The zero-order chi connectivity index (χ0) is 22.1. The molecule has 1 aliphatic heterocycles. The number of aromatic nitrogens is 2. The highest BCUT2D eigenvalue weighted by atomic mass is 16.5. The minimum Gasteiger partial charge on any atom is -0.496 e. The number of piperidine rings is 1. The summed E-state index contributed by atoms with van der Waals surface area (Å²) in [4.78, 5) is 2.24. The predicted molar refractivity (Wildman–Crippen MR) is 121 cm³/mol. The Labute approximate surface area is 179 Å². The van der Waals surface area contributed by atoms with E-state index >= 15 is 0 Å². The maximum Gasteiger partial charge on any atom is 0.151 e. The number of hydrogen-bond donors (Lipinski definition) is 3. The molecule has 0 saturated carbocycles. The number of nitrogens with one attached hydrogen (secondary N) is 1. The van der Waals surface area contributed by atoms with E-state index in [9.17, 15) is 5.11 Å². The summed E-state index contributed by atoms with van der Waals surface area (Å²) in [6.07, 6.45) is 1.36. The van der Waals surface area contributed by atoms with Gasteiger partial charge in [-0.15, -0.1) is 10.2 Å². The molecule has 7 nitrogen and oxygen atoms in total. The molecule has 7 heteroatoms. The van der Waals surface area contributed by atoms with E-state index in [1.807, 2.05) is 24.3 Å². The molecule has 0 amide bonds. The number of aliphatic hydroxyl groups excluding tert-OH is 1. The molecule has 164 valence electrons. The van der Waals surface area contributed by atoms with Gasteiger partial charge in [-0.2, -0.15) is 0 Å². The van der Waals surface area contributed by atoms with Crippen LogP contribution in [-0.4, -0.2) is 53.1 Å². The number of anilines is 1. The number of nitrogens with two attached hydrogens (primary N) is 1. The second-order valence-electron chi connectivity index (χ2n) is 9.55. The van der Waals surface area contributed by atoms with Gasteiger partial charge in [-0.25, -0.2) is 0 Å². The maximum absolute atomic E-state index is 9.99. The van der Waals surface area contributed by atoms with E-state index < -0.39 is 6.10 Å². The quantitative estimate of drug-likeness (QED) is 0.670. The molecule has 1 atom stereocenters. The number of nitrogens with zero attached hydrogens (tertiary/aromatic N) is 3. The lowest BCUT2D eigenvalue weighted by molar-refractivity contribution is 0.160. The molecule has 1 unspecified atom stereocenters. The van der Waals surface area contributed by atoms with Crippen molar-refractivity contribution in [2.45, 2.75) is 63.8 Å². The third kappa shape index (κ3) is 4.91. The van der Waals surface area contributed by atoms with Crippen molar-refractivity contribution in [1.29, 1.82) is 0 Å². The Kier molecular flexibility index (Phi) is 6.36. The fraction of sp³-hybridized carbons (Fsp3) is 0.565. The van der Waals surface area contributed by atoms with Crippen LogP contribution < -0.4 is 20.7 Å². The smallest absolute Gasteiger partial charge is 0.151 e. The summed E-state index contributed by atoms with van der Waals surface area (Å²) in [5, 5.41) is 22.7. The van der Waals surface area contributed by atoms with Gasteiger partial charge in [0, 0.05) is 36.3 Å². The van der Waals surface area contributed by atoms with Gasteiger partial charge in [0.2, 0.25) is 0 Å². The summed E-state index contributed by atoms with van der Waals surface area (Å²) in [5.74, 6) is 1.49. The molecule has 3 rings (SSSR count). The lowest BCUT2D eigenvalue weighted by atomic mass is 9.79. The molecule has 2 aromatic rings. The van der Waals surface area contributed by atoms with Crippen LogP contribution in [0.25, 0.3) is 11.3 Å². The Morgan fingerprint density at radius 2 is 1.83 bits per heavy atom. The summed E-state index contributed by atoms with van der Waals surface area (Å²) in [5.41, 5.74) is 7.97. The lowest BCUT2D eigenvalue weighted by Crippen LogP contribution is -2.62. The van der Waals surface area contributed by atoms with Crippen LogP contribution in [0.3, 0.4) is 0 Å². The highest BCUT2D eigenvalue weighted by molar-refractivity contribution is 5.68. The third-order valence-corrected chi connectivity index (χ3v) is 5.84. The van der Waals surface area contributed by atoms with Crippen molar-refractivity contribution in [3.8, 4) is 17.0 Å². The molecular formula is C23H35N5O2. The zero-order valence-corrected chi connectivity index (χ0v) is 18.9. The standard InChI is InChI=1S/C23H35N5O2/c1-22(2)12-16(13-23(3,4)27-22)28(5)21-10-9-18(25-26-21)17-8-7-15(19(29)14-24)11-20(17)30-6/h7-11,16,19,27,29H,12-14,24H2,1-6H3. The van der Waals surface area contributed by atoms with Gasteiger partial charge < -0.3 is 25.8 Å². The van der Waals surface area contributed by atoms with Crippen LogP contribution in [0.15, 0.2) is 30.3 Å². The minimum absolute atomic E-state index is 0.0667. The normalized spacial score (nSPS) is 19.3. The lowest BCUT2D eigenvalue weighted by Gasteiger charge is -2.49. The fourth-order valence-electron chi connectivity index (χ4n) is 4.65. The summed E-state index contributed by atoms with van der Waals surface area (Å²) in [7, 11) is 3.70. The average molecular weight is 414 g/mol. The minimum atomic E-state index is -0.714. The molecule has 1 aromatic carbocycles. The van der Waals surface area contributed by atoms with E-state index in [1.165, 1.54) is 0 Å². The first-order valence-corrected chi connectivity index (χ1v) is 10.5. The van der Waals surface area contributed by atoms with Gasteiger partial charge in [0.05, 0.1) is 18.9 Å². The van der Waals surface area contributed by atoms with E-state index in [2.05, 4.69) is 55.2 Å². The van der Waals surface area contributed by atoms with Gasteiger partial charge in [-0.1, -0.05) is 6.07 Å². The molecule has 4 N–H and O–H groups in total. The Morgan fingerprint density at radius 3 is 2.37 bits per heavy atom. The van der Waals surface area contributed by atoms with Crippen LogP contribution in [0.5, 0.6) is 5.75 Å². The van der Waals surface area contributed by atoms with Gasteiger partial charge in [0.25, 0.3) is 0 Å². The number of rotatable bonds is 6. The van der Waals surface area contributed by atoms with Crippen LogP contribution in [0.1, 0.15) is 52.2 Å². The number of hydrogen-bond acceptors (Lipinski definition) is 7. The monoisotopic (exact) mass is 413 g/mol. The maximum atomic E-state index is 9.99. The highest BCUT2D eigenvalue weighted by Crippen LogP contribution is 2.34. The number of ether oxygens (including phenoxy) is 1. The number of aliphatic hydroxyl groups is 1. The molecule has 0 aliphatic carbocycles. The van der Waals surface area contributed by atoms with Crippen molar-refractivity contribution in [3.63, 3.8) is 0 Å². The topological polar surface area (TPSA) is 96.5 Å². The second-order valence-corrected chi connectivity index (χ2v) is 9.55. The average Bonchev–Trinajstić information content (AvgIpc) is 2.70. The molecule has 0 radical (unpaired) electrons. The first-order valence-electron chi connectivity index (χ1n) is 10.5. The van der Waals surface area contributed by atoms with Crippen LogP contribution in [0, 0.1) is 0 Å². The molecule has 1 aromatic heterocycles. The van der Waals surface area contributed by atoms with Crippen molar-refractivity contribution in [1.82, 2.24) is 15.5 Å². The highest BCUT2D eigenvalue weighted by Gasteiger charge is 2.39. The molecule has 30 heavy (non-hydrogen) atoms. The molecule has 0 bridgehead atoms. The van der Waals surface area contributed by atoms with Gasteiger partial charge in [0.15, 0.2) is 5.82 Å². The van der Waals surface area contributed by atoms with E-state index in [4.69, 9.17) is 10.5 Å². The van der Waals surface area contributed by atoms with Crippen molar-refractivity contribution in [3.05, 3.63) is 35.9 Å². The Bertz CT molecular complexity index is 850. The second kappa shape index (κ2) is 8.49. The van der Waals surface area contributed by atoms with Crippen molar-refractivity contribution >= 4 is 5.82 Å². The van der Waals surface area contributed by atoms with Crippen molar-refractivity contribution in [2.24, 2.45) is 5.73 Å². The van der Waals surface area contributed by atoms with Crippen LogP contribution in [0.2, 0.25) is 0 Å². The van der Waals surface area contributed by atoms with Gasteiger partial charge in [-0.3, -0.25) is 0 Å². The van der Waals surface area contributed by atoms with Crippen molar-refractivity contribution < 1.29 is 9.84 Å². The Hall–Kier alpha value is -2.22. The Balaban J connectivity index is 1.83. The van der Waals surface area contributed by atoms with Crippen LogP contribution >= 0.6 is 0 Å². The summed E-state index contributed by atoms with van der Waals surface area (Å²) >= 11 is 0. The van der Waals surface area contributed by atoms with E-state index in [0.717, 1.165) is 35.5 Å². The summed E-state index contributed by atoms with van der Waals surface area (Å²) < 4.78 is 5.52. The fourth-order valence-corrected chi connectivity index (χ4v) is 4.65. The summed E-state index contributed by atoms with van der Waals surface area (Å²) in [6.45, 7) is 9.16. The Morgan fingerprint density at radius 1 is 1.17 bits per heavy atom. The predicted octanol–water partition coefficient (Wildman–Crippen LogP) is 2.89. The number of methoxy groups -OCH3 is 1. The van der Waals surface area contributed by atoms with Gasteiger partial charge in [0.1, 0.15) is 5.75 Å². The van der Waals surface area contributed by atoms with Crippen molar-refractivity contribution in [2.75, 3.05) is 25.6 Å². The summed E-state index contributed by atoms with van der Waals surface area (Å²) in [6, 6.07) is 9.88. The van der Waals surface area contributed by atoms with Crippen LogP contribution in [-0.2, 0) is 0 Å². The molecule has 1 fully saturated rings. The molecule has 1 aliphatic rings. The molecule has 2 heterocycles. The first-order chi connectivity index (χ1) is 14.0. The van der Waals surface area contributed by atoms with E-state index in [1.54, 1.807) is 13.2 Å². The van der Waals surface area contributed by atoms with E-state index in [-0.39, 0.29) is 17.6 Å². The number of benzene rings is 1. The molecular weight excluding hydrogens is 378 g/mol. The van der Waals surface area contributed by atoms with Crippen LogP contribution in [0.4, 0.5) is 5.82 Å². The van der Waals surface area contributed by atoms with Gasteiger partial charge in [-0.05, 0) is 70.4 Å². The van der Waals surface area contributed by atoms with Gasteiger partial charge >= 0.3 is 0 Å². The molecule has 0 spiro atoms. The SMILES string of the molecule is COc1cc(C(O)CN)ccc1-c1ccc(N(C)C2CC(C)(C)NC(C)(C)C2)nn1.